The van der Waals surface area contributed by atoms with Crippen LogP contribution in [0.3, 0.4) is 0 Å². The highest BCUT2D eigenvalue weighted by Crippen LogP contribution is 2.17. The van der Waals surface area contributed by atoms with Crippen LogP contribution in [0.25, 0.3) is 5.57 Å². The lowest BCUT2D eigenvalue weighted by atomic mass is 10.1. The third-order valence-corrected chi connectivity index (χ3v) is 3.31. The van der Waals surface area contributed by atoms with E-state index in [0.29, 0.717) is 13.2 Å². The van der Waals surface area contributed by atoms with E-state index < -0.39 is 0 Å². The summed E-state index contributed by atoms with van der Waals surface area (Å²) < 4.78 is 11.0. The van der Waals surface area contributed by atoms with Crippen LogP contribution in [0.2, 0.25) is 0 Å². The molecule has 0 saturated carbocycles. The summed E-state index contributed by atoms with van der Waals surface area (Å²) in [6.07, 6.45) is 9.99. The second-order valence-electron chi connectivity index (χ2n) is 5.29. The minimum absolute atomic E-state index is 0.602. The molecular formula is C22H34N2O2. The van der Waals surface area contributed by atoms with Crippen molar-refractivity contribution in [1.82, 2.24) is 4.98 Å². The average molecular weight is 359 g/mol. The fourth-order valence-electron chi connectivity index (χ4n) is 1.92. The molecule has 0 spiro atoms. The monoisotopic (exact) mass is 358 g/mol. The molecule has 0 unspecified atom stereocenters. The van der Waals surface area contributed by atoms with E-state index >= 15 is 0 Å². The summed E-state index contributed by atoms with van der Waals surface area (Å²) in [5.41, 5.74) is 2.85. The van der Waals surface area contributed by atoms with Crippen molar-refractivity contribution in [2.75, 3.05) is 38.8 Å². The molecule has 0 aromatic carbocycles. The number of anilines is 1. The van der Waals surface area contributed by atoms with Crippen molar-refractivity contribution in [2.45, 2.75) is 27.2 Å². The first-order valence-electron chi connectivity index (χ1n) is 9.13. The Balaban J connectivity index is 0.00000301. The predicted octanol–water partition coefficient (Wildman–Crippen LogP) is 5.26. The number of pyridine rings is 1. The largest absolute Gasteiger partial charge is 0.494 e. The Morgan fingerprint density at radius 3 is 2.35 bits per heavy atom. The zero-order chi connectivity index (χ0) is 19.8. The average Bonchev–Trinajstić information content (AvgIpc) is 2.68. The standard InChI is InChI=1S/C20H28N2O2.C2H6/c1-6-17(20-13-11-18(16-21-20)22(4)5)10-12-19(7-2)24-15-9-14-23-8-3;1-2/h6-7,10-13,16H,1-2,8-9,14-15H2,3-5H3;1-2H3/b17-10+,19-12+;. The third kappa shape index (κ3) is 9.23. The third-order valence-electron chi connectivity index (χ3n) is 3.31. The zero-order valence-corrected chi connectivity index (χ0v) is 17.0. The van der Waals surface area contributed by atoms with Gasteiger partial charge in [-0.25, -0.2) is 0 Å². The number of rotatable bonds is 11. The van der Waals surface area contributed by atoms with Crippen LogP contribution in [0.4, 0.5) is 5.69 Å². The maximum atomic E-state index is 5.68. The van der Waals surface area contributed by atoms with Crippen molar-refractivity contribution < 1.29 is 9.47 Å². The van der Waals surface area contributed by atoms with Gasteiger partial charge in [-0.1, -0.05) is 33.1 Å². The Hall–Kier alpha value is -2.33. The number of allylic oxidation sites excluding steroid dienone is 5. The van der Waals surface area contributed by atoms with E-state index in [1.807, 2.05) is 70.2 Å². The zero-order valence-electron chi connectivity index (χ0n) is 17.0. The Labute approximate surface area is 159 Å². The van der Waals surface area contributed by atoms with Crippen molar-refractivity contribution >= 4 is 11.3 Å². The Bertz CT molecular complexity index is 572. The lowest BCUT2D eigenvalue weighted by molar-refractivity contribution is 0.118. The lowest BCUT2D eigenvalue weighted by Gasteiger charge is -2.12. The summed E-state index contributed by atoms with van der Waals surface area (Å²) in [6, 6.07) is 4.01. The van der Waals surface area contributed by atoms with Gasteiger partial charge in [0.05, 0.1) is 24.2 Å². The highest BCUT2D eigenvalue weighted by Gasteiger charge is 2.01. The molecule has 1 heterocycles. The Kier molecular flexibility index (Phi) is 13.6. The summed E-state index contributed by atoms with van der Waals surface area (Å²) in [6.45, 7) is 15.7. The Morgan fingerprint density at radius 1 is 1.12 bits per heavy atom. The van der Waals surface area contributed by atoms with Crippen molar-refractivity contribution in [1.29, 1.82) is 0 Å². The molecule has 26 heavy (non-hydrogen) atoms. The molecule has 0 aliphatic rings. The molecule has 0 fully saturated rings. The van der Waals surface area contributed by atoms with Crippen LogP contribution in [0.1, 0.15) is 32.9 Å². The van der Waals surface area contributed by atoms with Crippen LogP contribution in [0.5, 0.6) is 0 Å². The SMILES string of the molecule is C=C/C(=C\C=C(/C=C)c1ccc(N(C)C)cn1)OCCCOCC.CC. The van der Waals surface area contributed by atoms with Crippen molar-refractivity contribution in [3.63, 3.8) is 0 Å². The van der Waals surface area contributed by atoms with E-state index in [4.69, 9.17) is 9.47 Å². The van der Waals surface area contributed by atoms with Crippen molar-refractivity contribution in [2.24, 2.45) is 0 Å². The van der Waals surface area contributed by atoms with Gasteiger partial charge in [-0.05, 0) is 42.9 Å². The van der Waals surface area contributed by atoms with E-state index in [0.717, 1.165) is 35.7 Å². The van der Waals surface area contributed by atoms with E-state index in [1.165, 1.54) is 0 Å². The fourth-order valence-corrected chi connectivity index (χ4v) is 1.92. The fraction of sp³-hybridized carbons (Fsp3) is 0.409. The molecule has 0 saturated heterocycles. The summed E-state index contributed by atoms with van der Waals surface area (Å²) in [5, 5.41) is 0. The minimum atomic E-state index is 0.602. The predicted molar refractivity (Wildman–Crippen MR) is 113 cm³/mol. The van der Waals surface area contributed by atoms with Gasteiger partial charge in [-0.2, -0.15) is 0 Å². The number of hydrogen-bond acceptors (Lipinski definition) is 4. The summed E-state index contributed by atoms with van der Waals surface area (Å²) in [5.74, 6) is 0.718. The van der Waals surface area contributed by atoms with Gasteiger partial charge < -0.3 is 14.4 Å². The van der Waals surface area contributed by atoms with Gasteiger partial charge in [0, 0.05) is 33.7 Å². The molecule has 0 radical (unpaired) electrons. The molecule has 0 atom stereocenters. The van der Waals surface area contributed by atoms with Gasteiger partial charge in [0.1, 0.15) is 5.76 Å². The van der Waals surface area contributed by atoms with Gasteiger partial charge in [-0.15, -0.1) is 0 Å². The van der Waals surface area contributed by atoms with E-state index in [-0.39, 0.29) is 0 Å². The summed E-state index contributed by atoms with van der Waals surface area (Å²) in [4.78, 5) is 6.49. The maximum Gasteiger partial charge on any atom is 0.118 e. The first kappa shape index (κ1) is 23.7. The second-order valence-corrected chi connectivity index (χ2v) is 5.29. The van der Waals surface area contributed by atoms with Crippen molar-refractivity contribution in [3.05, 3.63) is 67.2 Å². The molecule has 4 heteroatoms. The minimum Gasteiger partial charge on any atom is -0.494 e. The molecule has 0 aliphatic carbocycles. The molecule has 0 bridgehead atoms. The van der Waals surface area contributed by atoms with Gasteiger partial charge in [0.15, 0.2) is 0 Å². The molecule has 0 N–H and O–H groups in total. The van der Waals surface area contributed by atoms with Crippen LogP contribution >= 0.6 is 0 Å². The van der Waals surface area contributed by atoms with E-state index in [1.54, 1.807) is 12.2 Å². The smallest absolute Gasteiger partial charge is 0.118 e. The molecule has 0 amide bonds. The van der Waals surface area contributed by atoms with Crippen LogP contribution < -0.4 is 4.90 Å². The van der Waals surface area contributed by atoms with Crippen LogP contribution in [-0.4, -0.2) is 38.9 Å². The number of ether oxygens (including phenoxy) is 2. The molecule has 1 aromatic rings. The summed E-state index contributed by atoms with van der Waals surface area (Å²) in [7, 11) is 3.98. The molecule has 1 rings (SSSR count). The number of aromatic nitrogens is 1. The van der Waals surface area contributed by atoms with Crippen LogP contribution in [0.15, 0.2) is 61.6 Å². The molecule has 144 valence electrons. The van der Waals surface area contributed by atoms with E-state index in [9.17, 15) is 0 Å². The summed E-state index contributed by atoms with van der Waals surface area (Å²) >= 11 is 0. The molecule has 0 aliphatic heterocycles. The first-order valence-corrected chi connectivity index (χ1v) is 9.13. The highest BCUT2D eigenvalue weighted by molar-refractivity contribution is 5.73. The van der Waals surface area contributed by atoms with E-state index in [2.05, 4.69) is 18.1 Å². The molecular weight excluding hydrogens is 324 g/mol. The number of nitrogens with zero attached hydrogens (tertiary/aromatic N) is 2. The quantitative estimate of drug-likeness (QED) is 0.307. The van der Waals surface area contributed by atoms with Crippen LogP contribution in [-0.2, 0) is 9.47 Å². The van der Waals surface area contributed by atoms with Gasteiger partial charge >= 0.3 is 0 Å². The molecule has 1 aromatic heterocycles. The molecule has 4 nitrogen and oxygen atoms in total. The van der Waals surface area contributed by atoms with Gasteiger partial charge in [0.2, 0.25) is 0 Å². The first-order chi connectivity index (χ1) is 12.6. The maximum absolute atomic E-state index is 5.68. The second kappa shape index (κ2) is 15.0. The Morgan fingerprint density at radius 2 is 1.85 bits per heavy atom. The number of hydrogen-bond donors (Lipinski definition) is 0. The lowest BCUT2D eigenvalue weighted by Crippen LogP contribution is -2.08. The van der Waals surface area contributed by atoms with Gasteiger partial charge in [-0.3, -0.25) is 4.98 Å². The normalized spacial score (nSPS) is 11.3. The topological polar surface area (TPSA) is 34.6 Å². The highest BCUT2D eigenvalue weighted by atomic mass is 16.5. The van der Waals surface area contributed by atoms with Crippen molar-refractivity contribution in [3.8, 4) is 0 Å². The van der Waals surface area contributed by atoms with Gasteiger partial charge in [0.25, 0.3) is 0 Å². The van der Waals surface area contributed by atoms with Crippen LogP contribution in [0, 0.1) is 0 Å².